The summed E-state index contributed by atoms with van der Waals surface area (Å²) in [5.41, 5.74) is 5.59. The highest BCUT2D eigenvalue weighted by Crippen LogP contribution is 2.45. The van der Waals surface area contributed by atoms with E-state index in [0.29, 0.717) is 24.6 Å². The van der Waals surface area contributed by atoms with E-state index in [1.807, 2.05) is 65.8 Å². The van der Waals surface area contributed by atoms with Crippen molar-refractivity contribution >= 4 is 24.0 Å². The fourth-order valence-corrected chi connectivity index (χ4v) is 8.87. The average Bonchev–Trinajstić information content (AvgIpc) is 4.08. The van der Waals surface area contributed by atoms with Gasteiger partial charge in [0.2, 0.25) is 11.8 Å². The minimum absolute atomic E-state index is 0.0526. The predicted molar refractivity (Wildman–Crippen MR) is 227 cm³/mol. The fourth-order valence-electron chi connectivity index (χ4n) is 8.87. The monoisotopic (exact) mass is 838 g/mol. The zero-order valence-corrected chi connectivity index (χ0v) is 36.2. The third kappa shape index (κ3) is 9.30. The quantitative estimate of drug-likeness (QED) is 0.126. The number of aromatic nitrogens is 4. The Labute approximate surface area is 356 Å². The molecule has 326 valence electrons. The highest BCUT2D eigenvalue weighted by atomic mass is 16.7. The van der Waals surface area contributed by atoms with Crippen molar-refractivity contribution < 1.29 is 38.1 Å². The minimum Gasteiger partial charge on any atom is -0.453 e. The smallest absolute Gasteiger partial charge is 0.407 e. The first-order chi connectivity index (χ1) is 29.2. The molecule has 2 unspecified atom stereocenters. The van der Waals surface area contributed by atoms with Crippen LogP contribution in [0.3, 0.4) is 0 Å². The number of benzene rings is 2. The fraction of sp³-hybridized carbons (Fsp3) is 0.511. The van der Waals surface area contributed by atoms with Crippen LogP contribution in [0.5, 0.6) is 0 Å². The maximum absolute atomic E-state index is 14.2. The van der Waals surface area contributed by atoms with Gasteiger partial charge in [0, 0.05) is 13.0 Å². The van der Waals surface area contributed by atoms with Crippen molar-refractivity contribution in [1.29, 1.82) is 0 Å². The first kappa shape index (κ1) is 43.4. The van der Waals surface area contributed by atoms with Gasteiger partial charge in [0.1, 0.15) is 23.7 Å². The standard InChI is InChI=1S/C45H58N8O8/c1-25(2)37(50-43(56)58-7)41(54)52-19-9-10-35(52)39-46-22-33(48-39)31-15-11-29(12-16-31)30-13-17-32(18-14-30)34-23-47-40(49-34)36-21-45(60-27(5)20-28(6)61-45)24-53(36)42(55)38(26(3)4)51-44(57)59-8/h11-18,22-23,25-28,35-38H,9-10,19-21,24H2,1-8H3,(H,46,48)(H,47,49)(H,50,56)(H,51,57)/t27-,28-,35?,36?,37-,38-/m0/s1. The van der Waals surface area contributed by atoms with Crippen LogP contribution in [-0.2, 0) is 28.5 Å². The Bertz CT molecular complexity index is 2170. The van der Waals surface area contributed by atoms with Crippen LogP contribution in [0.4, 0.5) is 9.59 Å². The zero-order chi connectivity index (χ0) is 43.6. The number of hydrogen-bond donors (Lipinski definition) is 4. The van der Waals surface area contributed by atoms with E-state index in [9.17, 15) is 19.2 Å². The Morgan fingerprint density at radius 3 is 1.61 bits per heavy atom. The summed E-state index contributed by atoms with van der Waals surface area (Å²) in [7, 11) is 2.56. The van der Waals surface area contributed by atoms with E-state index in [0.717, 1.165) is 52.9 Å². The van der Waals surface area contributed by atoms with Crippen molar-refractivity contribution in [3.8, 4) is 33.6 Å². The number of likely N-dealkylation sites (tertiary alicyclic amines) is 2. The van der Waals surface area contributed by atoms with Crippen molar-refractivity contribution in [2.75, 3.05) is 27.3 Å². The van der Waals surface area contributed by atoms with Gasteiger partial charge in [-0.05, 0) is 67.2 Å². The number of methoxy groups -OCH3 is 2. The van der Waals surface area contributed by atoms with Gasteiger partial charge < -0.3 is 49.3 Å². The summed E-state index contributed by atoms with van der Waals surface area (Å²) in [4.78, 5) is 71.9. The number of nitrogens with one attached hydrogen (secondary N) is 4. The zero-order valence-electron chi connectivity index (χ0n) is 36.2. The van der Waals surface area contributed by atoms with Crippen LogP contribution in [0.2, 0.25) is 0 Å². The van der Waals surface area contributed by atoms with Gasteiger partial charge in [0.25, 0.3) is 0 Å². The summed E-state index contributed by atoms with van der Waals surface area (Å²) in [5.74, 6) is -0.423. The number of carbonyl (C=O) groups is 4. The minimum atomic E-state index is -1.01. The SMILES string of the molecule is COC(=O)N[C@H](C(=O)N1CCCC1c1ncc(-c2ccc(-c3ccc(-c4cnc(C5CC6(CN5C(=O)[C@@H](NC(=O)OC)C(C)C)O[C@@H](C)C[C@H](C)O6)[nH]4)cc3)cc2)[nH]1)C(C)C. The van der Waals surface area contributed by atoms with Crippen LogP contribution >= 0.6 is 0 Å². The van der Waals surface area contributed by atoms with Gasteiger partial charge in [-0.2, -0.15) is 0 Å². The number of nitrogens with zero attached hydrogens (tertiary/aromatic N) is 4. The van der Waals surface area contributed by atoms with Gasteiger partial charge in [-0.25, -0.2) is 19.6 Å². The number of alkyl carbamates (subject to hydrolysis) is 2. The Morgan fingerprint density at radius 2 is 1.15 bits per heavy atom. The van der Waals surface area contributed by atoms with E-state index >= 15 is 0 Å². The summed E-state index contributed by atoms with van der Waals surface area (Å²) in [6.45, 7) is 12.4. The lowest BCUT2D eigenvalue weighted by molar-refractivity contribution is -0.303. The molecule has 5 heterocycles. The lowest BCUT2D eigenvalue weighted by atomic mass is 10.0. The maximum atomic E-state index is 14.2. The second kappa shape index (κ2) is 18.1. The molecular weight excluding hydrogens is 781 g/mol. The number of H-pyrrole nitrogens is 2. The first-order valence-corrected chi connectivity index (χ1v) is 21.2. The van der Waals surface area contributed by atoms with Crippen LogP contribution in [0.25, 0.3) is 33.6 Å². The number of hydrogen-bond acceptors (Lipinski definition) is 10. The molecule has 3 aliphatic heterocycles. The van der Waals surface area contributed by atoms with E-state index in [4.69, 9.17) is 23.9 Å². The Hall–Kier alpha value is -5.74. The lowest BCUT2D eigenvalue weighted by Crippen LogP contribution is -2.53. The summed E-state index contributed by atoms with van der Waals surface area (Å²) in [6, 6.07) is 14.2. The van der Waals surface area contributed by atoms with E-state index in [2.05, 4.69) is 49.9 Å². The molecule has 0 bridgehead atoms. The van der Waals surface area contributed by atoms with Gasteiger partial charge in [-0.1, -0.05) is 76.2 Å². The van der Waals surface area contributed by atoms with Crippen LogP contribution in [0, 0.1) is 11.8 Å². The summed E-state index contributed by atoms with van der Waals surface area (Å²) >= 11 is 0. The number of rotatable bonds is 11. The van der Waals surface area contributed by atoms with E-state index in [1.165, 1.54) is 14.2 Å². The number of ether oxygens (including phenoxy) is 4. The van der Waals surface area contributed by atoms with Crippen LogP contribution in [0.15, 0.2) is 60.9 Å². The number of amides is 4. The molecule has 61 heavy (non-hydrogen) atoms. The van der Waals surface area contributed by atoms with Gasteiger partial charge in [-0.3, -0.25) is 9.59 Å². The molecule has 4 amide bonds. The molecule has 1 spiro atoms. The van der Waals surface area contributed by atoms with Gasteiger partial charge in [-0.15, -0.1) is 0 Å². The molecule has 16 heteroatoms. The molecule has 2 aromatic heterocycles. The van der Waals surface area contributed by atoms with Crippen LogP contribution in [-0.4, -0.2) is 111 Å². The van der Waals surface area contributed by atoms with Gasteiger partial charge >= 0.3 is 12.2 Å². The Morgan fingerprint density at radius 1 is 0.705 bits per heavy atom. The van der Waals surface area contributed by atoms with E-state index in [-0.39, 0.29) is 48.4 Å². The predicted octanol–water partition coefficient (Wildman–Crippen LogP) is 6.74. The van der Waals surface area contributed by atoms with Crippen molar-refractivity contribution in [1.82, 2.24) is 40.4 Å². The summed E-state index contributed by atoms with van der Waals surface area (Å²) < 4.78 is 22.4. The molecule has 4 N–H and O–H groups in total. The Balaban J connectivity index is 1.05. The third-order valence-electron chi connectivity index (χ3n) is 11.9. The molecule has 0 radical (unpaired) electrons. The Kier molecular flexibility index (Phi) is 12.9. The average molecular weight is 839 g/mol. The second-order valence-corrected chi connectivity index (χ2v) is 17.1. The van der Waals surface area contributed by atoms with Crippen molar-refractivity contribution in [3.63, 3.8) is 0 Å². The molecule has 7 rings (SSSR count). The molecule has 6 atom stereocenters. The molecule has 16 nitrogen and oxygen atoms in total. The molecule has 4 aromatic rings. The molecule has 0 aliphatic carbocycles. The number of carbonyl (C=O) groups excluding carboxylic acids is 4. The van der Waals surface area contributed by atoms with Crippen LogP contribution in [0.1, 0.15) is 91.0 Å². The molecule has 3 fully saturated rings. The van der Waals surface area contributed by atoms with E-state index < -0.39 is 36.1 Å². The molecule has 0 saturated carbocycles. The number of aromatic amines is 2. The van der Waals surface area contributed by atoms with Crippen molar-refractivity contribution in [2.45, 2.75) is 109 Å². The lowest BCUT2D eigenvalue weighted by Gasteiger charge is -2.40. The van der Waals surface area contributed by atoms with Crippen LogP contribution < -0.4 is 10.6 Å². The maximum Gasteiger partial charge on any atom is 0.407 e. The summed E-state index contributed by atoms with van der Waals surface area (Å²) in [5, 5.41) is 5.41. The van der Waals surface area contributed by atoms with E-state index in [1.54, 1.807) is 22.2 Å². The molecule has 3 saturated heterocycles. The summed E-state index contributed by atoms with van der Waals surface area (Å²) in [6.07, 6.45) is 4.90. The topological polar surface area (TPSA) is 193 Å². The van der Waals surface area contributed by atoms with Crippen molar-refractivity contribution in [3.05, 3.63) is 72.6 Å². The normalized spacial score (nSPS) is 23.6. The highest BCUT2D eigenvalue weighted by molar-refractivity contribution is 5.87. The van der Waals surface area contributed by atoms with Gasteiger partial charge in [0.15, 0.2) is 5.79 Å². The molecule has 2 aromatic carbocycles. The first-order valence-electron chi connectivity index (χ1n) is 21.2. The van der Waals surface area contributed by atoms with Gasteiger partial charge in [0.05, 0.1) is 68.8 Å². The molecule has 3 aliphatic rings. The molecular formula is C45H58N8O8. The number of imidazole rings is 2. The largest absolute Gasteiger partial charge is 0.453 e. The second-order valence-electron chi connectivity index (χ2n) is 17.1. The highest BCUT2D eigenvalue weighted by Gasteiger charge is 2.54. The van der Waals surface area contributed by atoms with Crippen molar-refractivity contribution in [2.24, 2.45) is 11.8 Å². The third-order valence-corrected chi connectivity index (χ3v) is 11.9.